The summed E-state index contributed by atoms with van der Waals surface area (Å²) in [6.07, 6.45) is 5.35. The van der Waals surface area contributed by atoms with E-state index in [1.165, 1.54) is 29.0 Å². The van der Waals surface area contributed by atoms with E-state index < -0.39 is 26.9 Å². The number of fused-ring (bicyclic) bond motifs is 2. The molecule has 2 aromatic heterocycles. The molecular weight excluding hydrogens is 406 g/mol. The van der Waals surface area contributed by atoms with Crippen LogP contribution >= 0.6 is 11.6 Å². The Kier molecular flexibility index (Phi) is 4.52. The largest absolute Gasteiger partial charge is 0.335 e. The summed E-state index contributed by atoms with van der Waals surface area (Å²) in [7, 11) is -3.30. The van der Waals surface area contributed by atoms with Crippen LogP contribution in [0.25, 0.3) is 0 Å². The number of amides is 1. The van der Waals surface area contributed by atoms with E-state index in [-0.39, 0.29) is 11.4 Å². The van der Waals surface area contributed by atoms with Crippen LogP contribution in [0.5, 0.6) is 0 Å². The summed E-state index contributed by atoms with van der Waals surface area (Å²) in [6, 6.07) is 3.11. The van der Waals surface area contributed by atoms with Crippen LogP contribution in [0, 0.1) is 0 Å². The number of hydrogen-bond acceptors (Lipinski definition) is 6. The number of nitrogens with zero attached hydrogens (tertiary/aromatic N) is 4. The van der Waals surface area contributed by atoms with Gasteiger partial charge in [-0.05, 0) is 25.0 Å². The zero-order chi connectivity index (χ0) is 20.1. The molecule has 0 bridgehead atoms. The van der Waals surface area contributed by atoms with E-state index in [9.17, 15) is 18.0 Å². The van der Waals surface area contributed by atoms with Crippen molar-refractivity contribution < 1.29 is 13.2 Å². The van der Waals surface area contributed by atoms with Crippen molar-refractivity contribution in [2.75, 3.05) is 24.7 Å². The van der Waals surface area contributed by atoms with Crippen LogP contribution in [0.3, 0.4) is 0 Å². The number of anilines is 1. The van der Waals surface area contributed by atoms with Gasteiger partial charge in [-0.1, -0.05) is 11.6 Å². The lowest BCUT2D eigenvalue weighted by Gasteiger charge is -2.22. The Hall–Kier alpha value is -2.30. The molecule has 2 aromatic rings. The maximum atomic E-state index is 12.5. The monoisotopic (exact) mass is 423 g/mol. The molecule has 0 aromatic carbocycles. The Morgan fingerprint density at radius 3 is 2.68 bits per heavy atom. The molecule has 4 heterocycles. The number of nitrogens with one attached hydrogen (secondary N) is 1. The second-order valence-corrected chi connectivity index (χ2v) is 9.59. The highest BCUT2D eigenvalue weighted by atomic mass is 35.5. The lowest BCUT2D eigenvalue weighted by atomic mass is 9.85. The molecule has 1 N–H and O–H groups in total. The molecule has 0 aliphatic carbocycles. The average molecular weight is 424 g/mol. The predicted octanol–water partition coefficient (Wildman–Crippen LogP) is 0.851. The molecule has 11 heteroatoms. The number of halogens is 1. The number of sulfonamides is 1. The molecular formula is C17H18ClN5O4S. The normalized spacial score (nSPS) is 21.8. The predicted molar refractivity (Wildman–Crippen MR) is 103 cm³/mol. The molecule has 2 aliphatic rings. The van der Waals surface area contributed by atoms with Crippen molar-refractivity contribution in [2.24, 2.45) is 0 Å². The van der Waals surface area contributed by atoms with Crippen LogP contribution in [-0.4, -0.2) is 52.5 Å². The van der Waals surface area contributed by atoms with Crippen molar-refractivity contribution in [1.29, 1.82) is 0 Å². The molecule has 1 saturated heterocycles. The zero-order valence-electron chi connectivity index (χ0n) is 15.1. The van der Waals surface area contributed by atoms with Gasteiger partial charge in [0.1, 0.15) is 17.2 Å². The van der Waals surface area contributed by atoms with E-state index in [1.54, 1.807) is 10.6 Å². The van der Waals surface area contributed by atoms with Crippen molar-refractivity contribution in [1.82, 2.24) is 18.8 Å². The first kappa shape index (κ1) is 19.0. The molecule has 148 valence electrons. The first-order valence-corrected chi connectivity index (χ1v) is 10.9. The molecule has 28 heavy (non-hydrogen) atoms. The van der Waals surface area contributed by atoms with Crippen molar-refractivity contribution >= 4 is 33.3 Å². The summed E-state index contributed by atoms with van der Waals surface area (Å²) < 4.78 is 26.9. The number of aromatic nitrogens is 3. The average Bonchev–Trinajstić information content (AvgIpc) is 3.22. The van der Waals surface area contributed by atoms with Gasteiger partial charge < -0.3 is 9.88 Å². The molecule has 2 aliphatic heterocycles. The Morgan fingerprint density at radius 2 is 2.04 bits per heavy atom. The first-order valence-electron chi connectivity index (χ1n) is 8.68. The number of aryl methyl sites for hydroxylation is 1. The summed E-state index contributed by atoms with van der Waals surface area (Å²) in [5.41, 5.74) is -1.21. The van der Waals surface area contributed by atoms with E-state index in [4.69, 9.17) is 11.6 Å². The number of carbonyl (C=O) groups is 1. The standard InChI is InChI=1S/C17H18ClN5O4S/c1-28(26,27)23-7-5-17(10-23)4-6-22-9-12(15(25)21-16(17)22)14(24)20-13-3-2-11(18)8-19-13/h2-3,8-9H,4-7,10H2,1H3,(H,19,20,24)/t17-/m0/s1. The van der Waals surface area contributed by atoms with Crippen LogP contribution in [0.2, 0.25) is 5.02 Å². The van der Waals surface area contributed by atoms with Gasteiger partial charge >= 0.3 is 0 Å². The Morgan fingerprint density at radius 1 is 1.29 bits per heavy atom. The van der Waals surface area contributed by atoms with Crippen LogP contribution in [-0.2, 0) is 22.0 Å². The Bertz CT molecular complexity index is 1120. The van der Waals surface area contributed by atoms with Crippen molar-refractivity contribution in [3.63, 3.8) is 0 Å². The molecule has 1 atom stereocenters. The fraction of sp³-hybridized carbons (Fsp3) is 0.412. The summed E-state index contributed by atoms with van der Waals surface area (Å²) in [4.78, 5) is 33.2. The maximum absolute atomic E-state index is 12.5. The van der Waals surface area contributed by atoms with Crippen LogP contribution in [0.1, 0.15) is 29.0 Å². The van der Waals surface area contributed by atoms with Crippen molar-refractivity contribution in [2.45, 2.75) is 24.8 Å². The third-order valence-corrected chi connectivity index (χ3v) is 6.78. The fourth-order valence-electron chi connectivity index (χ4n) is 3.83. The second-order valence-electron chi connectivity index (χ2n) is 7.17. The van der Waals surface area contributed by atoms with Gasteiger partial charge in [0.25, 0.3) is 11.5 Å². The van der Waals surface area contributed by atoms with Crippen LogP contribution < -0.4 is 10.9 Å². The van der Waals surface area contributed by atoms with Gasteiger partial charge in [0.2, 0.25) is 10.0 Å². The Labute approximate surface area is 166 Å². The molecule has 0 saturated carbocycles. The number of carbonyl (C=O) groups excluding carboxylic acids is 1. The highest BCUT2D eigenvalue weighted by molar-refractivity contribution is 7.88. The van der Waals surface area contributed by atoms with Gasteiger partial charge in [-0.25, -0.2) is 17.7 Å². The minimum atomic E-state index is -3.30. The fourth-order valence-corrected chi connectivity index (χ4v) is 4.84. The highest BCUT2D eigenvalue weighted by Gasteiger charge is 2.48. The van der Waals surface area contributed by atoms with Gasteiger partial charge in [-0.15, -0.1) is 0 Å². The van der Waals surface area contributed by atoms with Gasteiger partial charge in [0, 0.05) is 37.4 Å². The molecule has 4 rings (SSSR count). The number of hydrogen-bond donors (Lipinski definition) is 1. The lowest BCUT2D eigenvalue weighted by molar-refractivity contribution is 0.102. The molecule has 0 unspecified atom stereocenters. The Balaban J connectivity index is 1.62. The van der Waals surface area contributed by atoms with Gasteiger partial charge in [0.15, 0.2) is 0 Å². The topological polar surface area (TPSA) is 114 Å². The van der Waals surface area contributed by atoms with E-state index in [0.29, 0.717) is 43.3 Å². The van der Waals surface area contributed by atoms with Crippen molar-refractivity contribution in [3.8, 4) is 0 Å². The second kappa shape index (κ2) is 6.64. The molecule has 1 fully saturated rings. The zero-order valence-corrected chi connectivity index (χ0v) is 16.6. The minimum absolute atomic E-state index is 0.0875. The first-order chi connectivity index (χ1) is 13.2. The van der Waals surface area contributed by atoms with E-state index >= 15 is 0 Å². The molecule has 9 nitrogen and oxygen atoms in total. The quantitative estimate of drug-likeness (QED) is 0.782. The SMILES string of the molecule is CS(=O)(=O)N1CC[C@@]2(CCn3cc(C(=O)Nc4ccc(Cl)cn4)c(=O)nc32)C1. The lowest BCUT2D eigenvalue weighted by Crippen LogP contribution is -2.35. The summed E-state index contributed by atoms with van der Waals surface area (Å²) in [5, 5.41) is 2.99. The highest BCUT2D eigenvalue weighted by Crippen LogP contribution is 2.41. The van der Waals surface area contributed by atoms with Crippen LogP contribution in [0.4, 0.5) is 5.82 Å². The molecule has 1 spiro atoms. The van der Waals surface area contributed by atoms with Crippen molar-refractivity contribution in [3.05, 3.63) is 51.3 Å². The van der Waals surface area contributed by atoms with E-state index in [2.05, 4.69) is 15.3 Å². The van der Waals surface area contributed by atoms with Gasteiger partial charge in [-0.3, -0.25) is 9.59 Å². The molecule has 0 radical (unpaired) electrons. The van der Waals surface area contributed by atoms with Gasteiger partial charge in [0.05, 0.1) is 11.3 Å². The minimum Gasteiger partial charge on any atom is -0.335 e. The van der Waals surface area contributed by atoms with E-state index in [1.807, 2.05) is 0 Å². The molecule has 1 amide bonds. The number of pyridine rings is 1. The summed E-state index contributed by atoms with van der Waals surface area (Å²) in [6.45, 7) is 1.28. The van der Waals surface area contributed by atoms with E-state index in [0.717, 1.165) is 0 Å². The van der Waals surface area contributed by atoms with Crippen LogP contribution in [0.15, 0.2) is 29.3 Å². The summed E-state index contributed by atoms with van der Waals surface area (Å²) >= 11 is 5.77. The summed E-state index contributed by atoms with van der Waals surface area (Å²) in [5.74, 6) is 0.216. The third-order valence-electron chi connectivity index (χ3n) is 5.30. The third kappa shape index (κ3) is 3.31. The maximum Gasteiger partial charge on any atom is 0.285 e. The number of rotatable bonds is 3. The smallest absolute Gasteiger partial charge is 0.285 e. The van der Waals surface area contributed by atoms with Gasteiger partial charge in [-0.2, -0.15) is 4.98 Å².